The molecular weight excluding hydrogens is 224 g/mol. The fraction of sp³-hybridized carbons (Fsp3) is 0.429. The summed E-state index contributed by atoms with van der Waals surface area (Å²) in [6.45, 7) is 8.23. The number of nitrogens with one attached hydrogen (secondary N) is 1. The van der Waals surface area contributed by atoms with Crippen molar-refractivity contribution < 1.29 is 0 Å². The van der Waals surface area contributed by atoms with Crippen LogP contribution in [0, 0.1) is 12.8 Å². The molecule has 0 saturated heterocycles. The Kier molecular flexibility index (Phi) is 4.10. The second-order valence-electron chi connectivity index (χ2n) is 4.93. The van der Waals surface area contributed by atoms with Crippen molar-refractivity contribution in [1.82, 2.24) is 20.1 Å². The van der Waals surface area contributed by atoms with Gasteiger partial charge in [-0.2, -0.15) is 5.10 Å². The van der Waals surface area contributed by atoms with Gasteiger partial charge in [0.2, 0.25) is 0 Å². The summed E-state index contributed by atoms with van der Waals surface area (Å²) in [6.07, 6.45) is 5.68. The van der Waals surface area contributed by atoms with Gasteiger partial charge in [0, 0.05) is 36.4 Å². The van der Waals surface area contributed by atoms with E-state index >= 15 is 0 Å². The Labute approximate surface area is 108 Å². The van der Waals surface area contributed by atoms with Gasteiger partial charge in [-0.25, -0.2) is 4.68 Å². The SMILES string of the molecule is Cc1cc(-n2cccn2)c(CNCC(C)C)cn1. The second-order valence-corrected chi connectivity index (χ2v) is 4.93. The van der Waals surface area contributed by atoms with Crippen LogP contribution in [-0.2, 0) is 6.54 Å². The van der Waals surface area contributed by atoms with Crippen molar-refractivity contribution in [1.29, 1.82) is 0 Å². The molecule has 0 bridgehead atoms. The zero-order valence-electron chi connectivity index (χ0n) is 11.2. The number of nitrogens with zero attached hydrogens (tertiary/aromatic N) is 3. The van der Waals surface area contributed by atoms with E-state index in [1.165, 1.54) is 5.56 Å². The van der Waals surface area contributed by atoms with Gasteiger partial charge in [0.05, 0.1) is 5.69 Å². The minimum Gasteiger partial charge on any atom is -0.312 e. The Bertz CT molecular complexity index is 489. The average molecular weight is 244 g/mol. The standard InChI is InChI=1S/C14H20N4/c1-11(2)8-15-9-13-10-16-12(3)7-14(13)18-6-4-5-17-18/h4-7,10-11,15H,8-9H2,1-3H3. The largest absolute Gasteiger partial charge is 0.312 e. The number of aromatic nitrogens is 3. The summed E-state index contributed by atoms with van der Waals surface area (Å²) in [5.74, 6) is 0.650. The molecule has 2 aromatic heterocycles. The maximum atomic E-state index is 4.37. The molecule has 0 radical (unpaired) electrons. The molecule has 2 aromatic rings. The Morgan fingerprint density at radius 2 is 2.22 bits per heavy atom. The first-order valence-corrected chi connectivity index (χ1v) is 6.33. The molecule has 0 aromatic carbocycles. The molecule has 1 N–H and O–H groups in total. The second kappa shape index (κ2) is 5.78. The summed E-state index contributed by atoms with van der Waals surface area (Å²) >= 11 is 0. The molecule has 18 heavy (non-hydrogen) atoms. The monoisotopic (exact) mass is 244 g/mol. The zero-order valence-corrected chi connectivity index (χ0v) is 11.2. The van der Waals surface area contributed by atoms with E-state index < -0.39 is 0 Å². The lowest BCUT2D eigenvalue weighted by Crippen LogP contribution is -2.20. The van der Waals surface area contributed by atoms with E-state index in [-0.39, 0.29) is 0 Å². The van der Waals surface area contributed by atoms with E-state index in [4.69, 9.17) is 0 Å². The minimum atomic E-state index is 0.650. The highest BCUT2D eigenvalue weighted by Crippen LogP contribution is 2.14. The highest BCUT2D eigenvalue weighted by Gasteiger charge is 2.06. The van der Waals surface area contributed by atoms with Crippen LogP contribution >= 0.6 is 0 Å². The average Bonchev–Trinajstić information content (AvgIpc) is 2.84. The van der Waals surface area contributed by atoms with Gasteiger partial charge >= 0.3 is 0 Å². The Morgan fingerprint density at radius 1 is 1.39 bits per heavy atom. The number of pyridine rings is 1. The van der Waals surface area contributed by atoms with E-state index in [1.54, 1.807) is 6.20 Å². The molecule has 0 atom stereocenters. The van der Waals surface area contributed by atoms with Gasteiger partial charge in [-0.05, 0) is 31.5 Å². The third kappa shape index (κ3) is 3.17. The van der Waals surface area contributed by atoms with E-state index in [1.807, 2.05) is 30.1 Å². The third-order valence-corrected chi connectivity index (χ3v) is 2.72. The maximum Gasteiger partial charge on any atom is 0.0723 e. The Hall–Kier alpha value is -1.68. The minimum absolute atomic E-state index is 0.650. The topological polar surface area (TPSA) is 42.7 Å². The summed E-state index contributed by atoms with van der Waals surface area (Å²) in [5, 5.41) is 7.73. The highest BCUT2D eigenvalue weighted by atomic mass is 15.3. The number of hydrogen-bond donors (Lipinski definition) is 1. The summed E-state index contributed by atoms with van der Waals surface area (Å²) in [4.78, 5) is 4.37. The molecule has 0 aliphatic heterocycles. The van der Waals surface area contributed by atoms with Crippen LogP contribution in [0.4, 0.5) is 0 Å². The van der Waals surface area contributed by atoms with E-state index in [0.29, 0.717) is 5.92 Å². The lowest BCUT2D eigenvalue weighted by atomic mass is 10.2. The molecule has 0 unspecified atom stereocenters. The molecule has 0 fully saturated rings. The smallest absolute Gasteiger partial charge is 0.0723 e. The van der Waals surface area contributed by atoms with Crippen molar-refractivity contribution in [3.05, 3.63) is 42.0 Å². The molecule has 4 heteroatoms. The molecule has 0 aliphatic carbocycles. The predicted octanol–water partition coefficient (Wildman–Crippen LogP) is 2.32. The summed E-state index contributed by atoms with van der Waals surface area (Å²) in [7, 11) is 0. The van der Waals surface area contributed by atoms with Crippen molar-refractivity contribution >= 4 is 0 Å². The van der Waals surface area contributed by atoms with Crippen LogP contribution in [0.1, 0.15) is 25.1 Å². The predicted molar refractivity (Wildman–Crippen MR) is 72.6 cm³/mol. The van der Waals surface area contributed by atoms with Crippen LogP contribution in [0.15, 0.2) is 30.7 Å². The van der Waals surface area contributed by atoms with Gasteiger partial charge in [0.15, 0.2) is 0 Å². The van der Waals surface area contributed by atoms with Crippen LogP contribution in [0.25, 0.3) is 5.69 Å². The Morgan fingerprint density at radius 3 is 2.89 bits per heavy atom. The first-order valence-electron chi connectivity index (χ1n) is 6.33. The molecule has 0 aliphatic rings. The van der Waals surface area contributed by atoms with Crippen molar-refractivity contribution in [3.8, 4) is 5.69 Å². The summed E-state index contributed by atoms with van der Waals surface area (Å²) in [6, 6.07) is 4.00. The van der Waals surface area contributed by atoms with Gasteiger partial charge in [-0.1, -0.05) is 13.8 Å². The van der Waals surface area contributed by atoms with Crippen LogP contribution < -0.4 is 5.32 Å². The van der Waals surface area contributed by atoms with Crippen LogP contribution in [0.5, 0.6) is 0 Å². The molecule has 2 rings (SSSR count). The Balaban J connectivity index is 2.19. The van der Waals surface area contributed by atoms with Gasteiger partial charge in [-0.3, -0.25) is 4.98 Å². The molecule has 2 heterocycles. The van der Waals surface area contributed by atoms with Gasteiger partial charge in [-0.15, -0.1) is 0 Å². The number of rotatable bonds is 5. The fourth-order valence-corrected chi connectivity index (χ4v) is 1.83. The van der Waals surface area contributed by atoms with Gasteiger partial charge < -0.3 is 5.32 Å². The van der Waals surface area contributed by atoms with Gasteiger partial charge in [0.25, 0.3) is 0 Å². The van der Waals surface area contributed by atoms with E-state index in [9.17, 15) is 0 Å². The third-order valence-electron chi connectivity index (χ3n) is 2.72. The van der Waals surface area contributed by atoms with E-state index in [2.05, 4.69) is 35.3 Å². The molecule has 0 amide bonds. The first kappa shape index (κ1) is 12.8. The quantitative estimate of drug-likeness (QED) is 0.877. The lowest BCUT2D eigenvalue weighted by Gasteiger charge is -2.12. The van der Waals surface area contributed by atoms with E-state index in [0.717, 1.165) is 24.5 Å². The molecule has 4 nitrogen and oxygen atoms in total. The first-order chi connectivity index (χ1) is 8.66. The molecule has 0 spiro atoms. The van der Waals surface area contributed by atoms with Crippen molar-refractivity contribution in [3.63, 3.8) is 0 Å². The van der Waals surface area contributed by atoms with Crippen LogP contribution in [-0.4, -0.2) is 21.3 Å². The van der Waals surface area contributed by atoms with Crippen LogP contribution in [0.3, 0.4) is 0 Å². The fourth-order valence-electron chi connectivity index (χ4n) is 1.83. The normalized spacial score (nSPS) is 11.1. The van der Waals surface area contributed by atoms with Crippen molar-refractivity contribution in [2.24, 2.45) is 5.92 Å². The highest BCUT2D eigenvalue weighted by molar-refractivity contribution is 5.39. The van der Waals surface area contributed by atoms with Gasteiger partial charge in [0.1, 0.15) is 0 Å². The van der Waals surface area contributed by atoms with Crippen molar-refractivity contribution in [2.75, 3.05) is 6.54 Å². The maximum absolute atomic E-state index is 4.37. The molecule has 0 saturated carbocycles. The lowest BCUT2D eigenvalue weighted by molar-refractivity contribution is 0.550. The zero-order chi connectivity index (χ0) is 13.0. The molecular formula is C14H20N4. The summed E-state index contributed by atoms with van der Waals surface area (Å²) in [5.41, 5.74) is 3.28. The van der Waals surface area contributed by atoms with Crippen molar-refractivity contribution in [2.45, 2.75) is 27.3 Å². The number of hydrogen-bond acceptors (Lipinski definition) is 3. The summed E-state index contributed by atoms with van der Waals surface area (Å²) < 4.78 is 1.89. The number of aryl methyl sites for hydroxylation is 1. The molecule has 96 valence electrons. The van der Waals surface area contributed by atoms with Crippen LogP contribution in [0.2, 0.25) is 0 Å².